The Morgan fingerprint density at radius 1 is 1.20 bits per heavy atom. The Morgan fingerprint density at radius 3 is 2.55 bits per heavy atom. The molecule has 0 radical (unpaired) electrons. The van der Waals surface area contributed by atoms with E-state index in [0.717, 1.165) is 21.5 Å². The fraction of sp³-hybridized carbons (Fsp3) is 0.533. The van der Waals surface area contributed by atoms with Crippen molar-refractivity contribution in [3.8, 4) is 11.5 Å². The van der Waals surface area contributed by atoms with Gasteiger partial charge in [-0.1, -0.05) is 0 Å². The number of nitrogens with zero attached hydrogens (tertiary/aromatic N) is 2. The van der Waals surface area contributed by atoms with Crippen LogP contribution in [0.1, 0.15) is 38.7 Å². The van der Waals surface area contributed by atoms with Crippen molar-refractivity contribution >= 4 is 22.1 Å². The van der Waals surface area contributed by atoms with Crippen LogP contribution in [-0.2, 0) is 0 Å². The number of ether oxygens (including phenoxy) is 2. The molecule has 0 bridgehead atoms. The SMILES string of the molecule is C[C@@H]1CCC[C@H](C)N1/N=C\c1cc2c(cc1Br)OCO2. The van der Waals surface area contributed by atoms with Gasteiger partial charge in [0.2, 0.25) is 6.79 Å². The van der Waals surface area contributed by atoms with E-state index in [1.807, 2.05) is 18.3 Å². The highest BCUT2D eigenvalue weighted by molar-refractivity contribution is 9.10. The molecule has 1 aromatic rings. The van der Waals surface area contributed by atoms with E-state index in [2.05, 4.69) is 39.9 Å². The Kier molecular flexibility index (Phi) is 3.87. The first kappa shape index (κ1) is 13.7. The first-order valence-electron chi connectivity index (χ1n) is 7.06. The molecule has 0 saturated carbocycles. The van der Waals surface area contributed by atoms with Crippen molar-refractivity contribution < 1.29 is 9.47 Å². The number of fused-ring (bicyclic) bond motifs is 1. The second kappa shape index (κ2) is 5.64. The van der Waals surface area contributed by atoms with E-state index in [0.29, 0.717) is 18.9 Å². The average molecular weight is 339 g/mol. The number of hydrogen-bond donors (Lipinski definition) is 0. The molecule has 0 amide bonds. The van der Waals surface area contributed by atoms with Crippen LogP contribution in [0.5, 0.6) is 11.5 Å². The van der Waals surface area contributed by atoms with Gasteiger partial charge in [0.1, 0.15) is 0 Å². The van der Waals surface area contributed by atoms with Crippen LogP contribution in [0.25, 0.3) is 0 Å². The molecule has 0 N–H and O–H groups in total. The topological polar surface area (TPSA) is 34.1 Å². The molecule has 108 valence electrons. The smallest absolute Gasteiger partial charge is 0.231 e. The lowest BCUT2D eigenvalue weighted by Gasteiger charge is -2.36. The predicted octanol–water partition coefficient (Wildman–Crippen LogP) is 3.77. The number of benzene rings is 1. The van der Waals surface area contributed by atoms with Crippen LogP contribution in [0, 0.1) is 0 Å². The van der Waals surface area contributed by atoms with Crippen molar-refractivity contribution in [2.45, 2.75) is 45.2 Å². The lowest BCUT2D eigenvalue weighted by Crippen LogP contribution is -2.39. The zero-order valence-corrected chi connectivity index (χ0v) is 13.4. The van der Waals surface area contributed by atoms with Gasteiger partial charge in [-0.15, -0.1) is 0 Å². The van der Waals surface area contributed by atoms with Gasteiger partial charge in [0, 0.05) is 22.1 Å². The standard InChI is InChI=1S/C15H19BrN2O2/c1-10-4-3-5-11(2)18(10)17-8-12-6-14-15(7-13(12)16)20-9-19-14/h6-8,10-11H,3-5,9H2,1-2H3/b17-8-/t10-,11+. The van der Waals surface area contributed by atoms with Crippen LogP contribution in [-0.4, -0.2) is 30.1 Å². The van der Waals surface area contributed by atoms with Crippen LogP contribution in [0.2, 0.25) is 0 Å². The van der Waals surface area contributed by atoms with E-state index in [4.69, 9.17) is 9.47 Å². The number of rotatable bonds is 2. The summed E-state index contributed by atoms with van der Waals surface area (Å²) in [5, 5.41) is 6.89. The predicted molar refractivity (Wildman–Crippen MR) is 82.5 cm³/mol. The lowest BCUT2D eigenvalue weighted by atomic mass is 10.00. The molecule has 2 aliphatic heterocycles. The minimum Gasteiger partial charge on any atom is -0.454 e. The third kappa shape index (κ3) is 2.64. The van der Waals surface area contributed by atoms with E-state index in [9.17, 15) is 0 Å². The molecule has 2 atom stereocenters. The van der Waals surface area contributed by atoms with Gasteiger partial charge in [0.25, 0.3) is 0 Å². The Hall–Kier alpha value is -1.23. The maximum absolute atomic E-state index is 5.41. The molecule has 0 aromatic heterocycles. The van der Waals surface area contributed by atoms with Gasteiger partial charge in [-0.2, -0.15) is 5.10 Å². The summed E-state index contributed by atoms with van der Waals surface area (Å²) in [5.41, 5.74) is 1.01. The van der Waals surface area contributed by atoms with Crippen molar-refractivity contribution in [3.63, 3.8) is 0 Å². The van der Waals surface area contributed by atoms with Gasteiger partial charge >= 0.3 is 0 Å². The second-order valence-electron chi connectivity index (χ2n) is 5.48. The molecule has 2 heterocycles. The molecular formula is C15H19BrN2O2. The number of hydrazone groups is 1. The van der Waals surface area contributed by atoms with Gasteiger partial charge < -0.3 is 9.47 Å². The first-order chi connectivity index (χ1) is 9.65. The Balaban J connectivity index is 1.81. The second-order valence-corrected chi connectivity index (χ2v) is 6.33. The Labute approximate surface area is 127 Å². The normalized spacial score (nSPS) is 25.4. The molecule has 1 saturated heterocycles. The molecule has 0 aliphatic carbocycles. The molecule has 20 heavy (non-hydrogen) atoms. The number of hydrogen-bond acceptors (Lipinski definition) is 4. The number of halogens is 1. The quantitative estimate of drug-likeness (QED) is 0.769. The van der Waals surface area contributed by atoms with Crippen LogP contribution in [0.15, 0.2) is 21.7 Å². The summed E-state index contributed by atoms with van der Waals surface area (Å²) in [4.78, 5) is 0. The maximum atomic E-state index is 5.41. The highest BCUT2D eigenvalue weighted by atomic mass is 79.9. The minimum absolute atomic E-state index is 0.294. The third-order valence-corrected chi connectivity index (χ3v) is 4.66. The molecule has 5 heteroatoms. The summed E-state index contributed by atoms with van der Waals surface area (Å²) in [6, 6.07) is 4.91. The summed E-state index contributed by atoms with van der Waals surface area (Å²) in [5.74, 6) is 1.57. The van der Waals surface area contributed by atoms with Crippen LogP contribution >= 0.6 is 15.9 Å². The average Bonchev–Trinajstić information content (AvgIpc) is 2.85. The lowest BCUT2D eigenvalue weighted by molar-refractivity contribution is 0.109. The maximum Gasteiger partial charge on any atom is 0.231 e. The Bertz CT molecular complexity index is 523. The van der Waals surface area contributed by atoms with E-state index in [1.165, 1.54) is 19.3 Å². The van der Waals surface area contributed by atoms with E-state index < -0.39 is 0 Å². The van der Waals surface area contributed by atoms with Gasteiger partial charge in [0.15, 0.2) is 11.5 Å². The summed E-state index contributed by atoms with van der Waals surface area (Å²) < 4.78 is 11.7. The van der Waals surface area contributed by atoms with E-state index in [-0.39, 0.29) is 0 Å². The molecule has 4 nitrogen and oxygen atoms in total. The minimum atomic E-state index is 0.294. The Morgan fingerprint density at radius 2 is 1.85 bits per heavy atom. The van der Waals surface area contributed by atoms with Gasteiger partial charge in [0.05, 0.1) is 6.21 Å². The summed E-state index contributed by atoms with van der Waals surface area (Å²) in [6.07, 6.45) is 5.63. The summed E-state index contributed by atoms with van der Waals surface area (Å²) in [7, 11) is 0. The molecule has 0 spiro atoms. The fourth-order valence-corrected chi connectivity index (χ4v) is 3.22. The van der Waals surface area contributed by atoms with Crippen molar-refractivity contribution in [3.05, 3.63) is 22.2 Å². The first-order valence-corrected chi connectivity index (χ1v) is 7.86. The highest BCUT2D eigenvalue weighted by Crippen LogP contribution is 2.36. The number of piperidine rings is 1. The van der Waals surface area contributed by atoms with Crippen molar-refractivity contribution in [2.75, 3.05) is 6.79 Å². The van der Waals surface area contributed by atoms with Gasteiger partial charge in [-0.3, -0.25) is 5.01 Å². The fourth-order valence-electron chi connectivity index (χ4n) is 2.80. The van der Waals surface area contributed by atoms with Gasteiger partial charge in [-0.25, -0.2) is 0 Å². The van der Waals surface area contributed by atoms with E-state index >= 15 is 0 Å². The van der Waals surface area contributed by atoms with Crippen molar-refractivity contribution in [1.82, 2.24) is 5.01 Å². The molecule has 1 fully saturated rings. The summed E-state index contributed by atoms with van der Waals surface area (Å²) in [6.45, 7) is 4.77. The van der Waals surface area contributed by atoms with E-state index in [1.54, 1.807) is 0 Å². The molecular weight excluding hydrogens is 320 g/mol. The molecule has 2 aliphatic rings. The monoisotopic (exact) mass is 338 g/mol. The van der Waals surface area contributed by atoms with Crippen molar-refractivity contribution in [1.29, 1.82) is 0 Å². The van der Waals surface area contributed by atoms with Crippen LogP contribution < -0.4 is 9.47 Å². The zero-order valence-electron chi connectivity index (χ0n) is 11.8. The zero-order chi connectivity index (χ0) is 14.1. The van der Waals surface area contributed by atoms with Crippen molar-refractivity contribution in [2.24, 2.45) is 5.10 Å². The van der Waals surface area contributed by atoms with Crippen LogP contribution in [0.3, 0.4) is 0 Å². The largest absolute Gasteiger partial charge is 0.454 e. The molecule has 1 aromatic carbocycles. The molecule has 3 rings (SSSR count). The third-order valence-electron chi connectivity index (χ3n) is 3.97. The molecule has 0 unspecified atom stereocenters. The van der Waals surface area contributed by atoms with Crippen LogP contribution in [0.4, 0.5) is 0 Å². The highest BCUT2D eigenvalue weighted by Gasteiger charge is 2.23. The van der Waals surface area contributed by atoms with Gasteiger partial charge in [-0.05, 0) is 61.2 Å². The summed E-state index contributed by atoms with van der Waals surface area (Å²) >= 11 is 3.56.